The molecule has 186 valence electrons. The molecule has 2 saturated heterocycles. The van der Waals surface area contributed by atoms with Crippen LogP contribution >= 0.6 is 0 Å². The third-order valence-corrected chi connectivity index (χ3v) is 5.17. The van der Waals surface area contributed by atoms with Crippen LogP contribution in [0.2, 0.25) is 0 Å². The largest absolute Gasteiger partial charge is 0.391 e. The lowest BCUT2D eigenvalue weighted by Crippen LogP contribution is -2.16. The van der Waals surface area contributed by atoms with Gasteiger partial charge in [-0.1, -0.05) is 0 Å². The van der Waals surface area contributed by atoms with Crippen LogP contribution in [0.3, 0.4) is 0 Å². The Labute approximate surface area is 195 Å². The molecule has 4 aromatic heterocycles. The third-order valence-electron chi connectivity index (χ3n) is 5.17. The summed E-state index contributed by atoms with van der Waals surface area (Å²) >= 11 is 0. The summed E-state index contributed by atoms with van der Waals surface area (Å²) in [4.78, 5) is 34.0. The van der Waals surface area contributed by atoms with Crippen molar-refractivity contribution in [2.45, 2.75) is 25.0 Å². The van der Waals surface area contributed by atoms with Gasteiger partial charge in [0, 0.05) is 0 Å². The number of nitrogens with zero attached hydrogens (tertiary/aromatic N) is 7. The molecular weight excluding hydrogens is 468 g/mol. The van der Waals surface area contributed by atoms with Crippen molar-refractivity contribution in [3.8, 4) is 0 Å². The Bertz CT molecular complexity index is 1390. The molecule has 6 heterocycles. The van der Waals surface area contributed by atoms with Gasteiger partial charge in [-0.3, -0.25) is 18.9 Å². The lowest BCUT2D eigenvalue weighted by Gasteiger charge is -2.11. The molecule has 17 nitrogen and oxygen atoms in total. The maximum absolute atomic E-state index is 11.6. The molecule has 0 radical (unpaired) electrons. The van der Waals surface area contributed by atoms with Crippen molar-refractivity contribution >= 4 is 34.2 Å². The van der Waals surface area contributed by atoms with E-state index in [2.05, 4.69) is 29.9 Å². The minimum absolute atomic E-state index is 0.00636. The van der Waals surface area contributed by atoms with Crippen molar-refractivity contribution < 1.29 is 29.2 Å². The van der Waals surface area contributed by atoms with Gasteiger partial charge in [-0.25, -0.2) is 15.0 Å². The number of fused-ring (bicyclic) bond motifs is 2. The number of nitrogens with one attached hydrogen (secondary N) is 1. The van der Waals surface area contributed by atoms with E-state index < -0.39 is 24.4 Å². The monoisotopic (exact) mass is 490 g/mol. The first-order valence-electron chi connectivity index (χ1n) is 10.4. The normalized spacial score (nSPS) is 24.2. The number of H-pyrrole nitrogens is 1. The molecule has 4 aromatic rings. The smallest absolute Gasteiger partial charge is 0.280 e. The highest BCUT2D eigenvalue weighted by molar-refractivity contribution is 5.71. The van der Waals surface area contributed by atoms with E-state index in [-0.39, 0.29) is 43.5 Å². The maximum Gasteiger partial charge on any atom is 0.280 e. The molecule has 4 atom stereocenters. The average molecular weight is 490 g/mol. The number of imidazole rings is 2. The Balaban J connectivity index is 0.000000145. The van der Waals surface area contributed by atoms with Crippen molar-refractivity contribution in [1.82, 2.24) is 39.0 Å². The molecular formula is C18H22N10O7. The summed E-state index contributed by atoms with van der Waals surface area (Å²) in [6, 6.07) is 0. The fourth-order valence-corrected chi connectivity index (χ4v) is 3.57. The zero-order valence-electron chi connectivity index (χ0n) is 18.1. The third kappa shape index (κ3) is 4.50. The van der Waals surface area contributed by atoms with Gasteiger partial charge in [0.25, 0.3) is 5.56 Å². The number of rotatable bonds is 4. The topological polar surface area (TPSA) is 237 Å². The zero-order valence-corrected chi connectivity index (χ0v) is 18.1. The summed E-state index contributed by atoms with van der Waals surface area (Å²) < 4.78 is 24.5. The van der Waals surface area contributed by atoms with Gasteiger partial charge in [-0.2, -0.15) is 9.97 Å². The summed E-state index contributed by atoms with van der Waals surface area (Å²) in [5, 5.41) is 17.8. The van der Waals surface area contributed by atoms with Crippen LogP contribution in [0.15, 0.2) is 23.6 Å². The molecule has 7 N–H and O–H groups in total. The van der Waals surface area contributed by atoms with Crippen molar-refractivity contribution in [3.05, 3.63) is 29.2 Å². The summed E-state index contributed by atoms with van der Waals surface area (Å²) in [6.07, 6.45) is 2.45. The number of hydrogen-bond acceptors (Lipinski definition) is 14. The highest BCUT2D eigenvalue weighted by atomic mass is 16.7. The Hall–Kier alpha value is -3.74. The molecule has 0 saturated carbocycles. The van der Waals surface area contributed by atoms with Gasteiger partial charge < -0.3 is 40.6 Å². The lowest BCUT2D eigenvalue weighted by atomic mass is 10.5. The Kier molecular flexibility index (Phi) is 6.24. The highest BCUT2D eigenvalue weighted by Crippen LogP contribution is 2.25. The molecule has 35 heavy (non-hydrogen) atoms. The van der Waals surface area contributed by atoms with Gasteiger partial charge >= 0.3 is 0 Å². The van der Waals surface area contributed by atoms with Crippen molar-refractivity contribution in [1.29, 1.82) is 0 Å². The molecule has 2 aliphatic rings. The van der Waals surface area contributed by atoms with Gasteiger partial charge in [0.1, 0.15) is 5.52 Å². The number of nitrogens with two attached hydrogens (primary N) is 2. The number of ether oxygens (including phenoxy) is 4. The number of nitrogen functional groups attached to an aromatic ring is 2. The Morgan fingerprint density at radius 2 is 1.57 bits per heavy atom. The second kappa shape index (κ2) is 9.49. The van der Waals surface area contributed by atoms with Crippen LogP contribution in [-0.4, -0.2) is 88.3 Å². The van der Waals surface area contributed by atoms with Gasteiger partial charge in [0.15, 0.2) is 41.8 Å². The second-order valence-electron chi connectivity index (χ2n) is 7.44. The van der Waals surface area contributed by atoms with E-state index in [0.29, 0.717) is 23.4 Å². The number of aromatic nitrogens is 8. The van der Waals surface area contributed by atoms with Crippen molar-refractivity contribution in [2.75, 3.05) is 37.9 Å². The molecule has 6 rings (SSSR count). The van der Waals surface area contributed by atoms with E-state index in [1.54, 1.807) is 21.7 Å². The molecule has 0 aliphatic carbocycles. The average Bonchev–Trinajstić information content (AvgIpc) is 3.63. The van der Waals surface area contributed by atoms with Crippen LogP contribution in [0.4, 0.5) is 11.9 Å². The van der Waals surface area contributed by atoms with Crippen LogP contribution < -0.4 is 17.0 Å². The number of aliphatic hydroxyl groups excluding tert-OH is 2. The maximum atomic E-state index is 11.6. The quantitative estimate of drug-likeness (QED) is 0.205. The standard InChI is InChI=1S/C9H11N5O4.C9H11N5O3/c10-9-12-7-6(8(16)13-9)11-3-14(7)4-2-17-5(1-15)18-4;10-9-11-1-5-8(13-9)14(4-12-5)6-3-16-7(2-15)17-6/h3-5,15H,1-2H2,(H3,10,12,13,16);1,4,6-7,15H,2-3H2,(H2,10,11,13). The van der Waals surface area contributed by atoms with E-state index in [4.69, 9.17) is 40.6 Å². The van der Waals surface area contributed by atoms with Gasteiger partial charge in [0.05, 0.1) is 45.3 Å². The predicted molar refractivity (Wildman–Crippen MR) is 116 cm³/mol. The van der Waals surface area contributed by atoms with Crippen LogP contribution in [0.1, 0.15) is 12.5 Å². The summed E-state index contributed by atoms with van der Waals surface area (Å²) in [5.74, 6) is 0.184. The first-order chi connectivity index (χ1) is 17.0. The summed E-state index contributed by atoms with van der Waals surface area (Å²) in [5.41, 5.74) is 12.3. The minimum Gasteiger partial charge on any atom is -0.391 e. The number of anilines is 2. The molecule has 2 fully saturated rings. The molecule has 0 amide bonds. The molecule has 0 spiro atoms. The van der Waals surface area contributed by atoms with Gasteiger partial charge in [0.2, 0.25) is 11.9 Å². The Morgan fingerprint density at radius 3 is 2.20 bits per heavy atom. The second-order valence-corrected chi connectivity index (χ2v) is 7.44. The van der Waals surface area contributed by atoms with Crippen LogP contribution in [-0.2, 0) is 18.9 Å². The number of aliphatic hydroxyl groups is 2. The fourth-order valence-electron chi connectivity index (χ4n) is 3.57. The molecule has 0 aromatic carbocycles. The molecule has 17 heteroatoms. The number of aromatic amines is 1. The zero-order chi connectivity index (χ0) is 24.5. The summed E-state index contributed by atoms with van der Waals surface area (Å²) in [6.45, 7) is 0.158. The Morgan fingerprint density at radius 1 is 0.943 bits per heavy atom. The summed E-state index contributed by atoms with van der Waals surface area (Å²) in [7, 11) is 0. The van der Waals surface area contributed by atoms with E-state index in [9.17, 15) is 4.79 Å². The van der Waals surface area contributed by atoms with Crippen molar-refractivity contribution in [2.24, 2.45) is 0 Å². The van der Waals surface area contributed by atoms with E-state index in [0.717, 1.165) is 0 Å². The predicted octanol–water partition coefficient (Wildman–Crippen LogP) is -2.16. The van der Waals surface area contributed by atoms with Crippen LogP contribution in [0, 0.1) is 0 Å². The minimum atomic E-state index is -0.674. The highest BCUT2D eigenvalue weighted by Gasteiger charge is 2.29. The van der Waals surface area contributed by atoms with Crippen molar-refractivity contribution in [3.63, 3.8) is 0 Å². The first kappa shape index (κ1) is 23.0. The van der Waals surface area contributed by atoms with Crippen LogP contribution in [0.5, 0.6) is 0 Å². The molecule has 0 bridgehead atoms. The lowest BCUT2D eigenvalue weighted by molar-refractivity contribution is -0.0981. The van der Waals surface area contributed by atoms with Gasteiger partial charge in [-0.15, -0.1) is 0 Å². The molecule has 4 unspecified atom stereocenters. The van der Waals surface area contributed by atoms with Gasteiger partial charge in [-0.05, 0) is 0 Å². The first-order valence-corrected chi connectivity index (χ1v) is 10.4. The van der Waals surface area contributed by atoms with Crippen LogP contribution in [0.25, 0.3) is 22.3 Å². The fraction of sp³-hybridized carbons (Fsp3) is 0.444. The van der Waals surface area contributed by atoms with E-state index in [1.807, 2.05) is 0 Å². The SMILES string of the molecule is Nc1nc2c(ncn2C2COC(CO)O2)c(=O)[nH]1.Nc1ncc2ncn(C3COC(CO)O3)c2n1. The number of hydrogen-bond donors (Lipinski definition) is 5. The van der Waals surface area contributed by atoms with E-state index in [1.165, 1.54) is 6.33 Å². The van der Waals surface area contributed by atoms with E-state index >= 15 is 0 Å². The molecule has 2 aliphatic heterocycles.